The predicted molar refractivity (Wildman–Crippen MR) is 115 cm³/mol. The van der Waals surface area contributed by atoms with Crippen molar-refractivity contribution in [1.29, 1.82) is 0 Å². The second-order valence-corrected chi connectivity index (χ2v) is 7.39. The largest absolute Gasteiger partial charge is 0.495 e. The number of carbonyl (C=O) groups excluding carboxylic acids is 2. The van der Waals surface area contributed by atoms with Crippen LogP contribution in [-0.4, -0.2) is 68.0 Å². The topological polar surface area (TPSA) is 73.9 Å². The molecular weight excluding hydrogens is 425 g/mol. The van der Waals surface area contributed by atoms with E-state index in [2.05, 4.69) is 10.6 Å². The van der Waals surface area contributed by atoms with Gasteiger partial charge >= 0.3 is 6.18 Å². The SMILES string of the molecule is COc1ccccc1NC(=O)CN1CCN(CC(=O)Nc2ccccc2C(F)(F)F)CC1. The van der Waals surface area contributed by atoms with Crippen molar-refractivity contribution in [3.8, 4) is 5.75 Å². The summed E-state index contributed by atoms with van der Waals surface area (Å²) in [6.45, 7) is 2.34. The molecule has 1 aliphatic heterocycles. The summed E-state index contributed by atoms with van der Waals surface area (Å²) >= 11 is 0. The van der Waals surface area contributed by atoms with Gasteiger partial charge in [-0.15, -0.1) is 0 Å². The third-order valence-electron chi connectivity index (χ3n) is 5.09. The van der Waals surface area contributed by atoms with Crippen LogP contribution in [0.2, 0.25) is 0 Å². The zero-order valence-electron chi connectivity index (χ0n) is 17.6. The van der Waals surface area contributed by atoms with Gasteiger partial charge in [-0.3, -0.25) is 19.4 Å². The van der Waals surface area contributed by atoms with Gasteiger partial charge in [-0.1, -0.05) is 24.3 Å². The van der Waals surface area contributed by atoms with Gasteiger partial charge in [-0.25, -0.2) is 0 Å². The lowest BCUT2D eigenvalue weighted by molar-refractivity contribution is -0.137. The number of benzene rings is 2. The van der Waals surface area contributed by atoms with E-state index >= 15 is 0 Å². The van der Waals surface area contributed by atoms with E-state index in [4.69, 9.17) is 4.74 Å². The lowest BCUT2D eigenvalue weighted by Gasteiger charge is -2.33. The molecule has 3 rings (SSSR count). The average Bonchev–Trinajstić information content (AvgIpc) is 2.75. The molecule has 0 bridgehead atoms. The third kappa shape index (κ3) is 6.44. The van der Waals surface area contributed by atoms with Gasteiger partial charge in [0.05, 0.1) is 37.1 Å². The molecule has 1 aliphatic rings. The number of methoxy groups -OCH3 is 1. The molecule has 0 atom stereocenters. The van der Waals surface area contributed by atoms with Gasteiger partial charge in [0.1, 0.15) is 5.75 Å². The first-order chi connectivity index (χ1) is 15.3. The Morgan fingerprint density at radius 3 is 1.84 bits per heavy atom. The van der Waals surface area contributed by atoms with E-state index in [1.165, 1.54) is 25.3 Å². The van der Waals surface area contributed by atoms with Gasteiger partial charge in [0.2, 0.25) is 11.8 Å². The maximum Gasteiger partial charge on any atom is 0.418 e. The van der Waals surface area contributed by atoms with Crippen molar-refractivity contribution in [3.05, 3.63) is 54.1 Å². The second-order valence-electron chi connectivity index (χ2n) is 7.39. The van der Waals surface area contributed by atoms with Crippen LogP contribution in [0.1, 0.15) is 5.56 Å². The predicted octanol–water partition coefficient (Wildman–Crippen LogP) is 2.91. The number of hydrogen-bond donors (Lipinski definition) is 2. The highest BCUT2D eigenvalue weighted by atomic mass is 19.4. The quantitative estimate of drug-likeness (QED) is 0.679. The van der Waals surface area contributed by atoms with Gasteiger partial charge in [0, 0.05) is 26.2 Å². The number of amides is 2. The lowest BCUT2D eigenvalue weighted by atomic mass is 10.1. The van der Waals surface area contributed by atoms with Crippen LogP contribution in [0.4, 0.5) is 24.5 Å². The molecule has 0 saturated carbocycles. The molecule has 10 heteroatoms. The van der Waals surface area contributed by atoms with Crippen molar-refractivity contribution in [1.82, 2.24) is 9.80 Å². The van der Waals surface area contributed by atoms with Gasteiger partial charge in [-0.2, -0.15) is 13.2 Å². The first-order valence-electron chi connectivity index (χ1n) is 10.1. The van der Waals surface area contributed by atoms with E-state index in [1.807, 2.05) is 15.9 Å². The normalized spacial score (nSPS) is 15.2. The maximum atomic E-state index is 13.1. The summed E-state index contributed by atoms with van der Waals surface area (Å²) in [6, 6.07) is 12.0. The van der Waals surface area contributed by atoms with Gasteiger partial charge in [0.25, 0.3) is 0 Å². The Morgan fingerprint density at radius 1 is 0.844 bits per heavy atom. The first kappa shape index (κ1) is 23.6. The summed E-state index contributed by atoms with van der Waals surface area (Å²) in [6.07, 6.45) is -4.54. The highest BCUT2D eigenvalue weighted by molar-refractivity contribution is 5.94. The Balaban J connectivity index is 1.45. The van der Waals surface area contributed by atoms with Gasteiger partial charge < -0.3 is 15.4 Å². The van der Waals surface area contributed by atoms with Crippen LogP contribution in [0.15, 0.2) is 48.5 Å². The number of nitrogens with zero attached hydrogens (tertiary/aromatic N) is 2. The minimum absolute atomic E-state index is 0.0204. The summed E-state index contributed by atoms with van der Waals surface area (Å²) in [7, 11) is 1.53. The van der Waals surface area contributed by atoms with E-state index in [9.17, 15) is 22.8 Å². The number of rotatable bonds is 7. The molecule has 1 heterocycles. The molecule has 0 radical (unpaired) electrons. The Labute approximate surface area is 184 Å². The number of alkyl halides is 3. The minimum Gasteiger partial charge on any atom is -0.495 e. The van der Waals surface area contributed by atoms with Crippen LogP contribution in [0.3, 0.4) is 0 Å². The molecule has 1 fully saturated rings. The van der Waals surface area contributed by atoms with Crippen LogP contribution < -0.4 is 15.4 Å². The molecule has 0 spiro atoms. The summed E-state index contributed by atoms with van der Waals surface area (Å²) in [5.74, 6) is -0.114. The van der Waals surface area contributed by atoms with Crippen LogP contribution in [0.5, 0.6) is 5.75 Å². The van der Waals surface area contributed by atoms with Gasteiger partial charge in [-0.05, 0) is 24.3 Å². The van der Waals surface area contributed by atoms with Crippen molar-refractivity contribution in [2.24, 2.45) is 0 Å². The Morgan fingerprint density at radius 2 is 1.31 bits per heavy atom. The highest BCUT2D eigenvalue weighted by Crippen LogP contribution is 2.34. The molecule has 172 valence electrons. The fraction of sp³-hybridized carbons (Fsp3) is 0.364. The smallest absolute Gasteiger partial charge is 0.418 e. The van der Waals surface area contributed by atoms with Crippen molar-refractivity contribution in [2.75, 3.05) is 57.0 Å². The van der Waals surface area contributed by atoms with Crippen LogP contribution in [0, 0.1) is 0 Å². The number of piperazine rings is 1. The van der Waals surface area contributed by atoms with Crippen molar-refractivity contribution in [3.63, 3.8) is 0 Å². The first-order valence-corrected chi connectivity index (χ1v) is 10.1. The fourth-order valence-electron chi connectivity index (χ4n) is 3.48. The highest BCUT2D eigenvalue weighted by Gasteiger charge is 2.33. The fourth-order valence-corrected chi connectivity index (χ4v) is 3.48. The molecule has 0 aromatic heterocycles. The molecule has 2 N–H and O–H groups in total. The number of anilines is 2. The molecule has 1 saturated heterocycles. The monoisotopic (exact) mass is 450 g/mol. The second kappa shape index (κ2) is 10.5. The van der Waals surface area contributed by atoms with Crippen molar-refractivity contribution >= 4 is 23.2 Å². The van der Waals surface area contributed by atoms with Gasteiger partial charge in [0.15, 0.2) is 0 Å². The summed E-state index contributed by atoms with van der Waals surface area (Å²) in [4.78, 5) is 28.4. The standard InChI is InChI=1S/C22H25F3N4O3/c1-32-19-9-5-4-8-18(19)27-21(31)15-29-12-10-28(11-13-29)14-20(30)26-17-7-3-2-6-16(17)22(23,24)25/h2-9H,10-15H2,1H3,(H,26,30)(H,27,31). The minimum atomic E-state index is -4.54. The van der Waals surface area contributed by atoms with E-state index < -0.39 is 17.6 Å². The molecule has 32 heavy (non-hydrogen) atoms. The Kier molecular flexibility index (Phi) is 7.70. The van der Waals surface area contributed by atoms with E-state index in [1.54, 1.807) is 18.2 Å². The zero-order valence-corrected chi connectivity index (χ0v) is 17.6. The number of ether oxygens (including phenoxy) is 1. The van der Waals surface area contributed by atoms with E-state index in [0.717, 1.165) is 6.07 Å². The number of para-hydroxylation sites is 3. The van der Waals surface area contributed by atoms with Crippen LogP contribution in [-0.2, 0) is 15.8 Å². The molecule has 2 aromatic carbocycles. The summed E-state index contributed by atoms with van der Waals surface area (Å²) < 4.78 is 44.5. The number of nitrogens with one attached hydrogen (secondary N) is 2. The number of carbonyl (C=O) groups is 2. The number of halogens is 3. The molecule has 2 aromatic rings. The average molecular weight is 450 g/mol. The molecular formula is C22H25F3N4O3. The molecule has 2 amide bonds. The zero-order chi connectivity index (χ0) is 23.1. The van der Waals surface area contributed by atoms with Crippen LogP contribution >= 0.6 is 0 Å². The van der Waals surface area contributed by atoms with Crippen LogP contribution in [0.25, 0.3) is 0 Å². The van der Waals surface area contributed by atoms with E-state index in [0.29, 0.717) is 37.6 Å². The summed E-state index contributed by atoms with van der Waals surface area (Å²) in [5.41, 5.74) is -0.537. The lowest BCUT2D eigenvalue weighted by Crippen LogP contribution is -2.50. The molecule has 7 nitrogen and oxygen atoms in total. The third-order valence-corrected chi connectivity index (χ3v) is 5.09. The maximum absolute atomic E-state index is 13.1. The van der Waals surface area contributed by atoms with Crippen molar-refractivity contribution in [2.45, 2.75) is 6.18 Å². The molecule has 0 unspecified atom stereocenters. The van der Waals surface area contributed by atoms with E-state index in [-0.39, 0.29) is 24.7 Å². The Hall–Kier alpha value is -3.11. The Bertz CT molecular complexity index is 944. The molecule has 0 aliphatic carbocycles. The summed E-state index contributed by atoms with van der Waals surface area (Å²) in [5, 5.41) is 5.18. The van der Waals surface area contributed by atoms with Crippen molar-refractivity contribution < 1.29 is 27.5 Å². The number of hydrogen-bond acceptors (Lipinski definition) is 5.